The molecule has 0 aliphatic carbocycles. The van der Waals surface area contributed by atoms with Crippen LogP contribution in [0.1, 0.15) is 23.5 Å². The largest absolute Gasteiger partial charge is 0.316 e. The van der Waals surface area contributed by atoms with Gasteiger partial charge in [0.25, 0.3) is 0 Å². The van der Waals surface area contributed by atoms with Crippen molar-refractivity contribution in [3.63, 3.8) is 0 Å². The molecule has 0 saturated carbocycles. The summed E-state index contributed by atoms with van der Waals surface area (Å²) in [7, 11) is 0. The lowest BCUT2D eigenvalue weighted by Crippen LogP contribution is -2.29. The molecule has 88 valence electrons. The zero-order valence-electron chi connectivity index (χ0n) is 9.83. The highest BCUT2D eigenvalue weighted by Gasteiger charge is 2.40. The second kappa shape index (κ2) is 4.09. The maximum absolute atomic E-state index is 4.55. The van der Waals surface area contributed by atoms with Gasteiger partial charge in [0.05, 0.1) is 10.7 Å². The Balaban J connectivity index is 1.61. The standard InChI is InChI=1S/C12H19N3S/c1-10-14-11(7-16-10)6-15-5-3-12(9-15)2-4-13-8-12/h7,13H,2-6,8-9H2,1H3. The van der Waals surface area contributed by atoms with Gasteiger partial charge < -0.3 is 5.32 Å². The molecule has 2 saturated heterocycles. The molecule has 0 bridgehead atoms. The first-order chi connectivity index (χ1) is 7.76. The van der Waals surface area contributed by atoms with Crippen LogP contribution in [0, 0.1) is 12.3 Å². The van der Waals surface area contributed by atoms with E-state index in [1.54, 1.807) is 11.3 Å². The molecule has 3 heterocycles. The maximum Gasteiger partial charge on any atom is 0.0897 e. The number of aromatic nitrogens is 1. The van der Waals surface area contributed by atoms with Crippen LogP contribution in [-0.4, -0.2) is 36.1 Å². The van der Waals surface area contributed by atoms with Crippen molar-refractivity contribution in [1.82, 2.24) is 15.2 Å². The summed E-state index contributed by atoms with van der Waals surface area (Å²) in [5.41, 5.74) is 1.84. The van der Waals surface area contributed by atoms with E-state index in [1.807, 2.05) is 0 Å². The Bertz CT molecular complexity index is 368. The van der Waals surface area contributed by atoms with E-state index in [1.165, 1.54) is 49.7 Å². The third kappa shape index (κ3) is 2.01. The molecule has 0 radical (unpaired) electrons. The van der Waals surface area contributed by atoms with Gasteiger partial charge >= 0.3 is 0 Å². The fourth-order valence-corrected chi connectivity index (χ4v) is 3.62. The van der Waals surface area contributed by atoms with Crippen LogP contribution in [0.2, 0.25) is 0 Å². The van der Waals surface area contributed by atoms with E-state index in [-0.39, 0.29) is 0 Å². The normalized spacial score (nSPS) is 30.6. The summed E-state index contributed by atoms with van der Waals surface area (Å²) >= 11 is 1.76. The third-order valence-corrected chi connectivity index (χ3v) is 4.72. The highest BCUT2D eigenvalue weighted by Crippen LogP contribution is 2.36. The summed E-state index contributed by atoms with van der Waals surface area (Å²) in [4.78, 5) is 7.12. The molecular formula is C12H19N3S. The molecule has 1 atom stereocenters. The number of nitrogens with zero attached hydrogens (tertiary/aromatic N) is 2. The van der Waals surface area contributed by atoms with Gasteiger partial charge in [0, 0.05) is 25.0 Å². The lowest BCUT2D eigenvalue weighted by Gasteiger charge is -2.22. The van der Waals surface area contributed by atoms with Gasteiger partial charge in [-0.2, -0.15) is 0 Å². The quantitative estimate of drug-likeness (QED) is 0.847. The minimum absolute atomic E-state index is 0.588. The van der Waals surface area contributed by atoms with Crippen molar-refractivity contribution in [3.05, 3.63) is 16.1 Å². The molecule has 0 aromatic carbocycles. The summed E-state index contributed by atoms with van der Waals surface area (Å²) in [5, 5.41) is 6.89. The van der Waals surface area contributed by atoms with E-state index >= 15 is 0 Å². The van der Waals surface area contributed by atoms with Gasteiger partial charge in [-0.25, -0.2) is 4.98 Å². The molecule has 1 spiro atoms. The van der Waals surface area contributed by atoms with Crippen molar-refractivity contribution in [2.24, 2.45) is 5.41 Å². The van der Waals surface area contributed by atoms with Gasteiger partial charge in [0.15, 0.2) is 0 Å². The first kappa shape index (κ1) is 10.7. The second-order valence-corrected chi connectivity index (χ2v) is 6.31. The fourth-order valence-electron chi connectivity index (χ4n) is 3.02. The van der Waals surface area contributed by atoms with Gasteiger partial charge in [-0.3, -0.25) is 4.90 Å². The first-order valence-electron chi connectivity index (χ1n) is 6.10. The maximum atomic E-state index is 4.55. The molecule has 0 amide bonds. The van der Waals surface area contributed by atoms with E-state index in [0.717, 1.165) is 6.54 Å². The molecular weight excluding hydrogens is 218 g/mol. The van der Waals surface area contributed by atoms with Crippen LogP contribution in [0.3, 0.4) is 0 Å². The molecule has 3 rings (SSSR count). The smallest absolute Gasteiger partial charge is 0.0897 e. The Kier molecular flexibility index (Phi) is 2.73. The minimum atomic E-state index is 0.588. The van der Waals surface area contributed by atoms with Crippen LogP contribution in [0.15, 0.2) is 5.38 Å². The number of aryl methyl sites for hydroxylation is 1. The predicted octanol–water partition coefficient (Wildman–Crippen LogP) is 1.64. The van der Waals surface area contributed by atoms with Crippen molar-refractivity contribution in [1.29, 1.82) is 0 Å². The number of rotatable bonds is 2. The van der Waals surface area contributed by atoms with Gasteiger partial charge in [-0.15, -0.1) is 11.3 Å². The van der Waals surface area contributed by atoms with E-state index in [9.17, 15) is 0 Å². The highest BCUT2D eigenvalue weighted by atomic mass is 32.1. The predicted molar refractivity (Wildman–Crippen MR) is 66.7 cm³/mol. The van der Waals surface area contributed by atoms with Crippen LogP contribution in [0.5, 0.6) is 0 Å². The third-order valence-electron chi connectivity index (χ3n) is 3.90. The van der Waals surface area contributed by atoms with Crippen LogP contribution in [0.25, 0.3) is 0 Å². The Hall–Kier alpha value is -0.450. The lowest BCUT2D eigenvalue weighted by atomic mass is 9.87. The van der Waals surface area contributed by atoms with Crippen molar-refractivity contribution >= 4 is 11.3 Å². The Morgan fingerprint density at radius 2 is 2.50 bits per heavy atom. The summed E-state index contributed by atoms with van der Waals surface area (Å²) in [6, 6.07) is 0. The van der Waals surface area contributed by atoms with Crippen molar-refractivity contribution in [2.75, 3.05) is 26.2 Å². The Morgan fingerprint density at radius 1 is 1.56 bits per heavy atom. The van der Waals surface area contributed by atoms with E-state index in [0.29, 0.717) is 5.41 Å². The zero-order valence-corrected chi connectivity index (χ0v) is 10.6. The molecule has 3 nitrogen and oxygen atoms in total. The van der Waals surface area contributed by atoms with Crippen LogP contribution in [-0.2, 0) is 6.54 Å². The number of hydrogen-bond acceptors (Lipinski definition) is 4. The monoisotopic (exact) mass is 237 g/mol. The average Bonchev–Trinajstić information content (AvgIpc) is 2.94. The number of nitrogens with one attached hydrogen (secondary N) is 1. The molecule has 2 fully saturated rings. The van der Waals surface area contributed by atoms with Gasteiger partial charge in [-0.1, -0.05) is 0 Å². The molecule has 1 N–H and O–H groups in total. The summed E-state index contributed by atoms with van der Waals surface area (Å²) in [6.07, 6.45) is 2.72. The Labute approximate surface area is 101 Å². The minimum Gasteiger partial charge on any atom is -0.316 e. The molecule has 1 aromatic rings. The van der Waals surface area contributed by atoms with Crippen molar-refractivity contribution < 1.29 is 0 Å². The average molecular weight is 237 g/mol. The molecule has 2 aliphatic heterocycles. The topological polar surface area (TPSA) is 28.2 Å². The van der Waals surface area contributed by atoms with Gasteiger partial charge in [0.1, 0.15) is 0 Å². The van der Waals surface area contributed by atoms with Crippen LogP contribution in [0.4, 0.5) is 0 Å². The summed E-state index contributed by atoms with van der Waals surface area (Å²) in [5.74, 6) is 0. The number of hydrogen-bond donors (Lipinski definition) is 1. The first-order valence-corrected chi connectivity index (χ1v) is 6.98. The molecule has 4 heteroatoms. The van der Waals surface area contributed by atoms with Gasteiger partial charge in [-0.05, 0) is 38.3 Å². The molecule has 2 aliphatic rings. The molecule has 1 unspecified atom stereocenters. The zero-order chi connectivity index (χ0) is 11.0. The van der Waals surface area contributed by atoms with Crippen molar-refractivity contribution in [2.45, 2.75) is 26.3 Å². The van der Waals surface area contributed by atoms with E-state index in [2.05, 4.69) is 27.5 Å². The van der Waals surface area contributed by atoms with Crippen molar-refractivity contribution in [3.8, 4) is 0 Å². The van der Waals surface area contributed by atoms with E-state index < -0.39 is 0 Å². The highest BCUT2D eigenvalue weighted by molar-refractivity contribution is 7.09. The lowest BCUT2D eigenvalue weighted by molar-refractivity contribution is 0.267. The number of likely N-dealkylation sites (tertiary alicyclic amines) is 1. The molecule has 16 heavy (non-hydrogen) atoms. The summed E-state index contributed by atoms with van der Waals surface area (Å²) < 4.78 is 0. The van der Waals surface area contributed by atoms with Gasteiger partial charge in [0.2, 0.25) is 0 Å². The molecule has 1 aromatic heterocycles. The SMILES string of the molecule is Cc1nc(CN2CCC3(CCNC3)C2)cs1. The van der Waals surface area contributed by atoms with Crippen LogP contribution >= 0.6 is 11.3 Å². The van der Waals surface area contributed by atoms with E-state index in [4.69, 9.17) is 0 Å². The summed E-state index contributed by atoms with van der Waals surface area (Å²) in [6.45, 7) is 8.07. The Morgan fingerprint density at radius 3 is 3.19 bits per heavy atom. The number of thiazole rings is 1. The van der Waals surface area contributed by atoms with Crippen LogP contribution < -0.4 is 5.32 Å². The second-order valence-electron chi connectivity index (χ2n) is 5.25. The fraction of sp³-hybridized carbons (Fsp3) is 0.750.